The van der Waals surface area contributed by atoms with Crippen LogP contribution in [0.1, 0.15) is 11.1 Å². The van der Waals surface area contributed by atoms with Gasteiger partial charge in [-0.15, -0.1) is 0 Å². The van der Waals surface area contributed by atoms with Gasteiger partial charge in [0, 0.05) is 28.5 Å². The van der Waals surface area contributed by atoms with Gasteiger partial charge in [0.15, 0.2) is 11.6 Å². The molecular weight excluding hydrogens is 299 g/mol. The average Bonchev–Trinajstić information content (AvgIpc) is 2.31. The highest BCUT2D eigenvalue weighted by Crippen LogP contribution is 2.28. The Morgan fingerprint density at radius 3 is 2.61 bits per heavy atom. The van der Waals surface area contributed by atoms with Gasteiger partial charge in [-0.2, -0.15) is 0 Å². The molecule has 1 heterocycles. The Kier molecular flexibility index (Phi) is 3.52. The minimum Gasteiger partial charge on any atom is -0.436 e. The third-order valence-corrected chi connectivity index (χ3v) is 3.39. The maximum Gasteiger partial charge on any atom is 0.219 e. The average molecular weight is 311 g/mol. The van der Waals surface area contributed by atoms with E-state index in [1.54, 1.807) is 25.3 Å². The van der Waals surface area contributed by atoms with Gasteiger partial charge >= 0.3 is 0 Å². The van der Waals surface area contributed by atoms with Crippen molar-refractivity contribution in [1.29, 1.82) is 0 Å². The van der Waals surface area contributed by atoms with Crippen LogP contribution in [0.3, 0.4) is 0 Å². The molecule has 3 nitrogen and oxygen atoms in total. The molecule has 18 heavy (non-hydrogen) atoms. The summed E-state index contributed by atoms with van der Waals surface area (Å²) in [6.07, 6.45) is 1.62. The Labute approximate surface area is 113 Å². The van der Waals surface area contributed by atoms with E-state index < -0.39 is 5.82 Å². The number of nitrogens with zero attached hydrogens (tertiary/aromatic N) is 1. The van der Waals surface area contributed by atoms with Gasteiger partial charge < -0.3 is 10.5 Å². The summed E-state index contributed by atoms with van der Waals surface area (Å²) in [6, 6.07) is 4.54. The van der Waals surface area contributed by atoms with Crippen LogP contribution in [0.5, 0.6) is 11.6 Å². The second-order valence-corrected chi connectivity index (χ2v) is 4.87. The SMILES string of the molecule is Cc1cc(Oc2cc(C)c(Br)cn2)c(F)cc1N. The summed E-state index contributed by atoms with van der Waals surface area (Å²) in [7, 11) is 0. The number of pyridine rings is 1. The number of hydrogen-bond donors (Lipinski definition) is 1. The van der Waals surface area contributed by atoms with E-state index in [1.807, 2.05) is 6.92 Å². The van der Waals surface area contributed by atoms with Gasteiger partial charge in [0.25, 0.3) is 0 Å². The summed E-state index contributed by atoms with van der Waals surface area (Å²) in [6.45, 7) is 3.70. The number of aromatic nitrogens is 1. The molecule has 0 aliphatic heterocycles. The number of anilines is 1. The first kappa shape index (κ1) is 12.8. The van der Waals surface area contributed by atoms with Crippen molar-refractivity contribution in [2.24, 2.45) is 0 Å². The van der Waals surface area contributed by atoms with E-state index >= 15 is 0 Å². The van der Waals surface area contributed by atoms with E-state index in [1.165, 1.54) is 6.07 Å². The number of nitrogens with two attached hydrogens (primary N) is 1. The third kappa shape index (κ3) is 2.61. The summed E-state index contributed by atoms with van der Waals surface area (Å²) in [5.74, 6) is -0.0323. The Hall–Kier alpha value is -1.62. The molecule has 0 bridgehead atoms. The van der Waals surface area contributed by atoms with Crippen LogP contribution in [0.4, 0.5) is 10.1 Å². The number of ether oxygens (including phenoxy) is 1. The number of aryl methyl sites for hydroxylation is 2. The van der Waals surface area contributed by atoms with Crippen LogP contribution in [0.15, 0.2) is 28.9 Å². The fraction of sp³-hybridized carbons (Fsp3) is 0.154. The lowest BCUT2D eigenvalue weighted by Crippen LogP contribution is -1.96. The Bertz CT molecular complexity index is 602. The van der Waals surface area contributed by atoms with Crippen LogP contribution in [-0.2, 0) is 0 Å². The lowest BCUT2D eigenvalue weighted by Gasteiger charge is -2.09. The van der Waals surface area contributed by atoms with E-state index in [-0.39, 0.29) is 5.75 Å². The van der Waals surface area contributed by atoms with Gasteiger partial charge in [-0.1, -0.05) is 0 Å². The highest BCUT2D eigenvalue weighted by atomic mass is 79.9. The monoisotopic (exact) mass is 310 g/mol. The predicted molar refractivity (Wildman–Crippen MR) is 72.3 cm³/mol. The van der Waals surface area contributed by atoms with Crippen molar-refractivity contribution in [3.8, 4) is 11.6 Å². The molecular formula is C13H12BrFN2O. The zero-order chi connectivity index (χ0) is 13.3. The number of nitrogen functional groups attached to an aromatic ring is 1. The number of hydrogen-bond acceptors (Lipinski definition) is 3. The lowest BCUT2D eigenvalue weighted by molar-refractivity contribution is 0.427. The van der Waals surface area contributed by atoms with Gasteiger partial charge in [0.1, 0.15) is 0 Å². The standard InChI is InChI=1S/C13H12BrFN2O/c1-7-4-13(17-6-9(7)14)18-12-3-8(2)11(16)5-10(12)15/h3-6H,16H2,1-2H3. The van der Waals surface area contributed by atoms with Crippen molar-refractivity contribution in [3.63, 3.8) is 0 Å². The summed E-state index contributed by atoms with van der Waals surface area (Å²) in [5.41, 5.74) is 7.74. The molecule has 0 fully saturated rings. The zero-order valence-electron chi connectivity index (χ0n) is 10.00. The van der Waals surface area contributed by atoms with Crippen molar-refractivity contribution < 1.29 is 9.13 Å². The summed E-state index contributed by atoms with van der Waals surface area (Å²) < 4.78 is 20.0. The molecule has 0 unspecified atom stereocenters. The summed E-state index contributed by atoms with van der Waals surface area (Å²) in [4.78, 5) is 4.06. The Morgan fingerprint density at radius 2 is 1.94 bits per heavy atom. The minimum absolute atomic E-state index is 0.121. The van der Waals surface area contributed by atoms with Crippen molar-refractivity contribution in [3.05, 3.63) is 45.8 Å². The highest BCUT2D eigenvalue weighted by molar-refractivity contribution is 9.10. The van der Waals surface area contributed by atoms with E-state index in [9.17, 15) is 4.39 Å². The van der Waals surface area contributed by atoms with Crippen molar-refractivity contribution >= 4 is 21.6 Å². The number of benzene rings is 1. The summed E-state index contributed by atoms with van der Waals surface area (Å²) >= 11 is 3.34. The van der Waals surface area contributed by atoms with Crippen LogP contribution in [-0.4, -0.2) is 4.98 Å². The van der Waals surface area contributed by atoms with Crippen LogP contribution in [0.25, 0.3) is 0 Å². The van der Waals surface area contributed by atoms with Gasteiger partial charge in [-0.3, -0.25) is 0 Å². The fourth-order valence-electron chi connectivity index (χ4n) is 1.43. The first-order valence-corrected chi connectivity index (χ1v) is 6.12. The molecule has 5 heteroatoms. The Morgan fingerprint density at radius 1 is 1.22 bits per heavy atom. The molecule has 0 saturated carbocycles. The normalized spacial score (nSPS) is 10.4. The molecule has 1 aromatic heterocycles. The van der Waals surface area contributed by atoms with E-state index in [4.69, 9.17) is 10.5 Å². The van der Waals surface area contributed by atoms with Crippen LogP contribution >= 0.6 is 15.9 Å². The smallest absolute Gasteiger partial charge is 0.219 e. The molecule has 94 valence electrons. The molecule has 0 saturated heterocycles. The first-order valence-electron chi connectivity index (χ1n) is 5.33. The topological polar surface area (TPSA) is 48.1 Å². The first-order chi connectivity index (χ1) is 8.47. The molecule has 0 spiro atoms. The van der Waals surface area contributed by atoms with Gasteiger partial charge in [0.2, 0.25) is 5.88 Å². The maximum atomic E-state index is 13.7. The molecule has 0 amide bonds. The van der Waals surface area contributed by atoms with Crippen LogP contribution in [0.2, 0.25) is 0 Å². The molecule has 0 atom stereocenters. The van der Waals surface area contributed by atoms with E-state index in [0.717, 1.165) is 15.6 Å². The minimum atomic E-state index is -0.500. The molecule has 0 aliphatic carbocycles. The molecule has 2 rings (SSSR count). The van der Waals surface area contributed by atoms with Crippen LogP contribution < -0.4 is 10.5 Å². The number of rotatable bonds is 2. The summed E-state index contributed by atoms with van der Waals surface area (Å²) in [5, 5.41) is 0. The van der Waals surface area contributed by atoms with Gasteiger partial charge in [0.05, 0.1) is 0 Å². The fourth-order valence-corrected chi connectivity index (χ4v) is 1.65. The van der Waals surface area contributed by atoms with Crippen molar-refractivity contribution in [2.75, 3.05) is 5.73 Å². The molecule has 2 N–H and O–H groups in total. The third-order valence-electron chi connectivity index (χ3n) is 2.56. The molecule has 1 aromatic carbocycles. The second kappa shape index (κ2) is 4.94. The molecule has 2 aromatic rings. The zero-order valence-corrected chi connectivity index (χ0v) is 11.6. The molecule has 0 radical (unpaired) electrons. The maximum absolute atomic E-state index is 13.7. The molecule has 0 aliphatic rings. The lowest BCUT2D eigenvalue weighted by atomic mass is 10.2. The Balaban J connectivity index is 2.34. The highest BCUT2D eigenvalue weighted by Gasteiger charge is 2.09. The van der Waals surface area contributed by atoms with E-state index in [0.29, 0.717) is 11.6 Å². The van der Waals surface area contributed by atoms with Gasteiger partial charge in [-0.25, -0.2) is 9.37 Å². The van der Waals surface area contributed by atoms with E-state index in [2.05, 4.69) is 20.9 Å². The quantitative estimate of drug-likeness (QED) is 0.854. The largest absolute Gasteiger partial charge is 0.436 e. The van der Waals surface area contributed by atoms with Crippen molar-refractivity contribution in [1.82, 2.24) is 4.98 Å². The predicted octanol–water partition coefficient (Wildman–Crippen LogP) is 3.97. The van der Waals surface area contributed by atoms with Crippen molar-refractivity contribution in [2.45, 2.75) is 13.8 Å². The van der Waals surface area contributed by atoms with Gasteiger partial charge in [-0.05, 0) is 47.0 Å². The number of halogens is 2. The second-order valence-electron chi connectivity index (χ2n) is 4.01. The van der Waals surface area contributed by atoms with Crippen LogP contribution in [0, 0.1) is 19.7 Å².